The molecule has 0 aliphatic carbocycles. The van der Waals surface area contributed by atoms with Crippen LogP contribution < -0.4 is 11.1 Å². The zero-order valence-corrected chi connectivity index (χ0v) is 12.9. The fourth-order valence-corrected chi connectivity index (χ4v) is 2.86. The first kappa shape index (κ1) is 15.5. The first-order chi connectivity index (χ1) is 11.2. The quantitative estimate of drug-likeness (QED) is 0.886. The standard InChI is InChI=1S/C16H21N5O2/c17-14-6-9-19-15(20-14)11-21(12-3-1-7-18-8-5-12)16(22)13-4-2-10-23-13/h2,4,6,9-10,12,18H,1,3,5,7-8,11H2,(H2,17,19,20)/t12-/m0/s1. The van der Waals surface area contributed by atoms with Crippen molar-refractivity contribution in [2.45, 2.75) is 31.8 Å². The third-order valence-corrected chi connectivity index (χ3v) is 4.02. The van der Waals surface area contributed by atoms with E-state index in [9.17, 15) is 4.79 Å². The van der Waals surface area contributed by atoms with E-state index in [2.05, 4.69) is 15.3 Å². The first-order valence-corrected chi connectivity index (χ1v) is 7.86. The number of nitrogens with two attached hydrogens (primary N) is 1. The normalized spacial score (nSPS) is 18.3. The lowest BCUT2D eigenvalue weighted by atomic mass is 10.1. The Morgan fingerprint density at radius 2 is 2.30 bits per heavy atom. The van der Waals surface area contributed by atoms with Crippen molar-refractivity contribution in [3.63, 3.8) is 0 Å². The van der Waals surface area contributed by atoms with E-state index in [1.807, 2.05) is 0 Å². The number of nitrogens with zero attached hydrogens (tertiary/aromatic N) is 3. The van der Waals surface area contributed by atoms with Crippen LogP contribution in [-0.4, -0.2) is 39.9 Å². The number of nitrogen functional groups attached to an aromatic ring is 1. The summed E-state index contributed by atoms with van der Waals surface area (Å²) in [4.78, 5) is 23.1. The Balaban J connectivity index is 1.84. The highest BCUT2D eigenvalue weighted by Gasteiger charge is 2.28. The Kier molecular flexibility index (Phi) is 4.87. The van der Waals surface area contributed by atoms with E-state index in [0.29, 0.717) is 23.9 Å². The highest BCUT2D eigenvalue weighted by Crippen LogP contribution is 2.19. The van der Waals surface area contributed by atoms with Crippen LogP contribution in [0.2, 0.25) is 0 Å². The Morgan fingerprint density at radius 3 is 3.09 bits per heavy atom. The van der Waals surface area contributed by atoms with Gasteiger partial charge < -0.3 is 20.4 Å². The fraction of sp³-hybridized carbons (Fsp3) is 0.438. The number of carbonyl (C=O) groups excluding carboxylic acids is 1. The molecule has 3 heterocycles. The molecule has 0 saturated carbocycles. The van der Waals surface area contributed by atoms with E-state index in [0.717, 1.165) is 32.4 Å². The van der Waals surface area contributed by atoms with Gasteiger partial charge in [0.2, 0.25) is 0 Å². The van der Waals surface area contributed by atoms with E-state index >= 15 is 0 Å². The van der Waals surface area contributed by atoms with Crippen molar-refractivity contribution >= 4 is 11.7 Å². The largest absolute Gasteiger partial charge is 0.459 e. The summed E-state index contributed by atoms with van der Waals surface area (Å²) in [5.41, 5.74) is 5.73. The van der Waals surface area contributed by atoms with Gasteiger partial charge in [-0.1, -0.05) is 0 Å². The van der Waals surface area contributed by atoms with Crippen LogP contribution in [0.15, 0.2) is 35.1 Å². The number of rotatable bonds is 4. The molecule has 1 fully saturated rings. The van der Waals surface area contributed by atoms with Crippen molar-refractivity contribution in [1.82, 2.24) is 20.2 Å². The summed E-state index contributed by atoms with van der Waals surface area (Å²) >= 11 is 0. The molecule has 0 bridgehead atoms. The van der Waals surface area contributed by atoms with Crippen LogP contribution in [0.5, 0.6) is 0 Å². The first-order valence-electron chi connectivity index (χ1n) is 7.86. The average molecular weight is 315 g/mol. The highest BCUT2D eigenvalue weighted by molar-refractivity contribution is 5.91. The number of carbonyl (C=O) groups is 1. The molecule has 2 aromatic heterocycles. The van der Waals surface area contributed by atoms with Crippen LogP contribution >= 0.6 is 0 Å². The van der Waals surface area contributed by atoms with E-state index in [4.69, 9.17) is 10.2 Å². The van der Waals surface area contributed by atoms with Crippen molar-refractivity contribution in [3.8, 4) is 0 Å². The second kappa shape index (κ2) is 7.23. The molecule has 7 heteroatoms. The lowest BCUT2D eigenvalue weighted by Crippen LogP contribution is -2.40. The third-order valence-electron chi connectivity index (χ3n) is 4.02. The molecule has 1 amide bonds. The number of hydrogen-bond acceptors (Lipinski definition) is 6. The van der Waals surface area contributed by atoms with E-state index in [-0.39, 0.29) is 11.9 Å². The topological polar surface area (TPSA) is 97.3 Å². The van der Waals surface area contributed by atoms with Crippen LogP contribution in [0.1, 0.15) is 35.6 Å². The summed E-state index contributed by atoms with van der Waals surface area (Å²) in [5, 5.41) is 3.37. The summed E-state index contributed by atoms with van der Waals surface area (Å²) < 4.78 is 5.29. The van der Waals surface area contributed by atoms with Gasteiger partial charge in [-0.2, -0.15) is 0 Å². The monoisotopic (exact) mass is 315 g/mol. The summed E-state index contributed by atoms with van der Waals surface area (Å²) in [6.07, 6.45) is 6.00. The molecule has 3 N–H and O–H groups in total. The minimum atomic E-state index is -0.132. The SMILES string of the molecule is Nc1ccnc(CN(C(=O)c2ccco2)[C@H]2CCCNCC2)n1. The fourth-order valence-electron chi connectivity index (χ4n) is 2.86. The minimum Gasteiger partial charge on any atom is -0.459 e. The second-order valence-corrected chi connectivity index (χ2v) is 5.64. The van der Waals surface area contributed by atoms with Crippen molar-refractivity contribution in [1.29, 1.82) is 0 Å². The van der Waals surface area contributed by atoms with Gasteiger partial charge in [0.1, 0.15) is 11.6 Å². The molecule has 1 aliphatic heterocycles. The molecule has 1 saturated heterocycles. The van der Waals surface area contributed by atoms with Gasteiger partial charge in [0.15, 0.2) is 5.76 Å². The van der Waals surface area contributed by atoms with Gasteiger partial charge in [-0.05, 0) is 50.6 Å². The zero-order valence-electron chi connectivity index (χ0n) is 12.9. The van der Waals surface area contributed by atoms with Crippen LogP contribution in [0.25, 0.3) is 0 Å². The predicted molar refractivity (Wildman–Crippen MR) is 85.5 cm³/mol. The molecule has 23 heavy (non-hydrogen) atoms. The number of anilines is 1. The molecule has 0 aromatic carbocycles. The van der Waals surface area contributed by atoms with Gasteiger partial charge in [-0.25, -0.2) is 9.97 Å². The lowest BCUT2D eigenvalue weighted by Gasteiger charge is -2.29. The highest BCUT2D eigenvalue weighted by atomic mass is 16.3. The molecule has 3 rings (SSSR count). The molecule has 1 atom stereocenters. The van der Waals surface area contributed by atoms with Gasteiger partial charge in [-0.3, -0.25) is 4.79 Å². The van der Waals surface area contributed by atoms with Crippen LogP contribution in [-0.2, 0) is 6.54 Å². The number of amides is 1. The van der Waals surface area contributed by atoms with Crippen molar-refractivity contribution in [2.24, 2.45) is 0 Å². The van der Waals surface area contributed by atoms with Gasteiger partial charge in [0.25, 0.3) is 5.91 Å². The summed E-state index contributed by atoms with van der Waals surface area (Å²) in [6.45, 7) is 2.20. The van der Waals surface area contributed by atoms with Crippen molar-refractivity contribution < 1.29 is 9.21 Å². The van der Waals surface area contributed by atoms with Gasteiger partial charge >= 0.3 is 0 Å². The predicted octanol–water partition coefficient (Wildman–Crippen LogP) is 1.44. The molecule has 2 aromatic rings. The number of furan rings is 1. The zero-order chi connectivity index (χ0) is 16.1. The van der Waals surface area contributed by atoms with Gasteiger partial charge in [0, 0.05) is 12.2 Å². The summed E-state index contributed by atoms with van der Waals surface area (Å²) in [5.74, 6) is 1.16. The smallest absolute Gasteiger partial charge is 0.290 e. The maximum Gasteiger partial charge on any atom is 0.290 e. The van der Waals surface area contributed by atoms with Crippen LogP contribution in [0.4, 0.5) is 5.82 Å². The van der Waals surface area contributed by atoms with E-state index in [1.165, 1.54) is 6.26 Å². The lowest BCUT2D eigenvalue weighted by molar-refractivity contribution is 0.0606. The molecule has 0 unspecified atom stereocenters. The molecule has 7 nitrogen and oxygen atoms in total. The third kappa shape index (κ3) is 3.87. The molecule has 122 valence electrons. The average Bonchev–Trinajstić information content (AvgIpc) is 2.95. The van der Waals surface area contributed by atoms with Gasteiger partial charge in [-0.15, -0.1) is 0 Å². The molecule has 0 radical (unpaired) electrons. The molecule has 1 aliphatic rings. The molecule has 0 spiro atoms. The maximum atomic E-state index is 12.8. The summed E-state index contributed by atoms with van der Waals surface area (Å²) in [6, 6.07) is 5.17. The Morgan fingerprint density at radius 1 is 1.39 bits per heavy atom. The Hall–Kier alpha value is -2.41. The number of hydrogen-bond donors (Lipinski definition) is 2. The Labute approximate surface area is 134 Å². The summed E-state index contributed by atoms with van der Waals surface area (Å²) in [7, 11) is 0. The van der Waals surface area contributed by atoms with E-state index in [1.54, 1.807) is 29.3 Å². The van der Waals surface area contributed by atoms with Crippen LogP contribution in [0.3, 0.4) is 0 Å². The minimum absolute atomic E-state index is 0.132. The second-order valence-electron chi connectivity index (χ2n) is 5.64. The number of aromatic nitrogens is 2. The maximum absolute atomic E-state index is 12.8. The van der Waals surface area contributed by atoms with E-state index < -0.39 is 0 Å². The van der Waals surface area contributed by atoms with Crippen molar-refractivity contribution in [2.75, 3.05) is 18.8 Å². The number of nitrogens with one attached hydrogen (secondary N) is 1. The van der Waals surface area contributed by atoms with Crippen LogP contribution in [0, 0.1) is 0 Å². The van der Waals surface area contributed by atoms with Gasteiger partial charge in [0.05, 0.1) is 12.8 Å². The molecular weight excluding hydrogens is 294 g/mol. The van der Waals surface area contributed by atoms with Crippen molar-refractivity contribution in [3.05, 3.63) is 42.2 Å². The molecular formula is C16H21N5O2. The Bertz CT molecular complexity index is 636.